The van der Waals surface area contributed by atoms with Crippen molar-refractivity contribution in [3.63, 3.8) is 0 Å². The molecule has 13 nitrogen and oxygen atoms in total. The number of piperidine rings is 2. The fraction of sp³-hybridized carbons (Fsp3) is 0.547. The van der Waals surface area contributed by atoms with E-state index in [4.69, 9.17) is 14.7 Å². The van der Waals surface area contributed by atoms with Gasteiger partial charge in [0.25, 0.3) is 0 Å². The molecule has 2 aromatic carbocycles. The summed E-state index contributed by atoms with van der Waals surface area (Å²) < 4.78 is 5.39. The number of nitrogens with zero attached hydrogens (tertiary/aromatic N) is 4. The molecule has 4 aliphatic rings. The molecule has 0 amide bonds. The van der Waals surface area contributed by atoms with E-state index in [1.165, 1.54) is 35.4 Å². The number of aromatic nitrogens is 2. The molecule has 0 spiro atoms. The number of rotatable bonds is 19. The van der Waals surface area contributed by atoms with Gasteiger partial charge in [-0.25, -0.2) is 14.8 Å². The zero-order valence-corrected chi connectivity index (χ0v) is 39.6. The van der Waals surface area contributed by atoms with Crippen LogP contribution in [0.5, 0.6) is 0 Å². The van der Waals surface area contributed by atoms with Crippen LogP contribution in [0.1, 0.15) is 124 Å². The van der Waals surface area contributed by atoms with E-state index in [-0.39, 0.29) is 43.8 Å². The second-order valence-corrected chi connectivity index (χ2v) is 17.8. The Hall–Kier alpha value is -4.32. The number of unbranched alkanes of at least 4 members (excludes halogenated alkanes) is 2. The number of fused-ring (bicyclic) bond motifs is 2. The quantitative estimate of drug-likeness (QED) is 0.0471. The summed E-state index contributed by atoms with van der Waals surface area (Å²) in [5.74, 6) is 1.29. The molecule has 4 aliphatic heterocycles. The predicted molar refractivity (Wildman–Crippen MR) is 264 cm³/mol. The number of anilines is 2. The molecule has 360 valence electrons. The van der Waals surface area contributed by atoms with Crippen molar-refractivity contribution < 1.29 is 43.8 Å². The second kappa shape index (κ2) is 29.5. The number of hydrogen-bond acceptors (Lipinski definition) is 12. The number of ether oxygens (including phenoxy) is 1. The molecule has 14 heteroatoms. The molecule has 0 radical (unpaired) electrons. The SMILES string of the molecule is C.CCOC(=O)C(c1ccccc1)N1CCC(NCCCCc2ccc3c(n2)NCCC3)CC1.O=C(O)C(c1ccccc1)N1CCC(NCCCCc2ccc3c(n2)NCCC3)CC1.[Li+].[OH-]. The van der Waals surface area contributed by atoms with Gasteiger partial charge in [-0.1, -0.05) is 80.2 Å². The molecule has 4 aromatic rings. The minimum absolute atomic E-state index is 0. The summed E-state index contributed by atoms with van der Waals surface area (Å²) >= 11 is 0. The van der Waals surface area contributed by atoms with Crippen molar-refractivity contribution in [2.45, 2.75) is 128 Å². The largest absolute Gasteiger partial charge is 1.00 e. The van der Waals surface area contributed by atoms with Crippen molar-refractivity contribution >= 4 is 23.6 Å². The summed E-state index contributed by atoms with van der Waals surface area (Å²) in [5, 5.41) is 24.0. The summed E-state index contributed by atoms with van der Waals surface area (Å²) in [6.45, 7) is 9.84. The average molecular weight is 913 g/mol. The van der Waals surface area contributed by atoms with Gasteiger partial charge >= 0.3 is 30.8 Å². The first-order chi connectivity index (χ1) is 31.4. The smallest absolute Gasteiger partial charge is 0.870 e. The predicted octanol–water partition coefficient (Wildman–Crippen LogP) is 5.23. The molecule has 6 heterocycles. The summed E-state index contributed by atoms with van der Waals surface area (Å²) in [6.07, 6.45) is 15.4. The third-order valence-corrected chi connectivity index (χ3v) is 13.3. The van der Waals surface area contributed by atoms with Gasteiger partial charge in [-0.05, 0) is 144 Å². The van der Waals surface area contributed by atoms with Crippen LogP contribution < -0.4 is 40.1 Å². The molecule has 2 aromatic heterocycles. The number of carbonyl (C=O) groups excluding carboxylic acids is 1. The Morgan fingerprint density at radius 1 is 0.672 bits per heavy atom. The van der Waals surface area contributed by atoms with E-state index < -0.39 is 12.0 Å². The zero-order valence-electron chi connectivity index (χ0n) is 39.6. The van der Waals surface area contributed by atoms with E-state index in [9.17, 15) is 14.7 Å². The number of aryl methyl sites for hydroxylation is 4. The van der Waals surface area contributed by atoms with Gasteiger partial charge in [0.05, 0.1) is 6.61 Å². The minimum Gasteiger partial charge on any atom is -0.870 e. The van der Waals surface area contributed by atoms with Crippen molar-refractivity contribution in [2.24, 2.45) is 0 Å². The third kappa shape index (κ3) is 16.7. The van der Waals surface area contributed by atoms with Gasteiger partial charge in [0.1, 0.15) is 23.7 Å². The minimum atomic E-state index is -0.761. The van der Waals surface area contributed by atoms with Gasteiger partial charge in [0.15, 0.2) is 0 Å². The fourth-order valence-corrected chi connectivity index (χ4v) is 9.71. The second-order valence-electron chi connectivity index (χ2n) is 17.8. The van der Waals surface area contributed by atoms with Crippen LogP contribution in [0.25, 0.3) is 0 Å². The van der Waals surface area contributed by atoms with Crippen molar-refractivity contribution in [3.05, 3.63) is 119 Å². The molecule has 0 bridgehead atoms. The first-order valence-corrected chi connectivity index (χ1v) is 24.3. The van der Waals surface area contributed by atoms with Gasteiger partial charge in [-0.3, -0.25) is 14.6 Å². The maximum atomic E-state index is 12.7. The van der Waals surface area contributed by atoms with Gasteiger partial charge in [-0.15, -0.1) is 0 Å². The number of carboxylic acid groups (broad SMARTS) is 1. The van der Waals surface area contributed by atoms with Crippen molar-refractivity contribution in [1.29, 1.82) is 0 Å². The van der Waals surface area contributed by atoms with Crippen LogP contribution in [-0.4, -0.2) is 113 Å². The first-order valence-electron chi connectivity index (χ1n) is 24.3. The molecule has 2 fully saturated rings. The van der Waals surface area contributed by atoms with Crippen LogP contribution in [0.2, 0.25) is 0 Å². The van der Waals surface area contributed by atoms with E-state index in [1.54, 1.807) is 0 Å². The number of hydrogen-bond donors (Lipinski definition) is 5. The first kappa shape index (κ1) is 55.3. The van der Waals surface area contributed by atoms with Crippen LogP contribution in [0, 0.1) is 0 Å². The molecule has 2 saturated heterocycles. The van der Waals surface area contributed by atoms with Gasteiger partial charge < -0.3 is 36.6 Å². The Balaban J connectivity index is 0.000000280. The maximum Gasteiger partial charge on any atom is 1.00 e. The molecule has 6 N–H and O–H groups in total. The van der Waals surface area contributed by atoms with E-state index in [2.05, 4.69) is 55.3 Å². The Labute approximate surface area is 412 Å². The van der Waals surface area contributed by atoms with Gasteiger partial charge in [0.2, 0.25) is 0 Å². The van der Waals surface area contributed by atoms with Gasteiger partial charge in [0, 0.05) is 62.7 Å². The Bertz CT molecular complexity index is 2030. The van der Waals surface area contributed by atoms with Crippen molar-refractivity contribution in [1.82, 2.24) is 30.4 Å². The Morgan fingerprint density at radius 3 is 1.54 bits per heavy atom. The number of likely N-dealkylation sites (tertiary alicyclic amines) is 2. The van der Waals surface area contributed by atoms with Crippen molar-refractivity contribution in [2.75, 3.05) is 69.6 Å². The number of benzene rings is 2. The molecular weight excluding hydrogens is 836 g/mol. The van der Waals surface area contributed by atoms with Crippen molar-refractivity contribution in [3.8, 4) is 0 Å². The summed E-state index contributed by atoms with van der Waals surface area (Å²) in [5.41, 5.74) is 6.97. The van der Waals surface area contributed by atoms with E-state index in [1.807, 2.05) is 67.6 Å². The van der Waals surface area contributed by atoms with E-state index in [0.717, 1.165) is 152 Å². The van der Waals surface area contributed by atoms with Crippen LogP contribution in [-0.2, 0) is 40.0 Å². The number of aliphatic carboxylic acids is 1. The zero-order chi connectivity index (χ0) is 44.4. The molecule has 67 heavy (non-hydrogen) atoms. The van der Waals surface area contributed by atoms with Crippen LogP contribution in [0.3, 0.4) is 0 Å². The summed E-state index contributed by atoms with van der Waals surface area (Å²) in [7, 11) is 0. The molecule has 8 rings (SSSR count). The van der Waals surface area contributed by atoms with E-state index >= 15 is 0 Å². The number of pyridine rings is 2. The molecular formula is C53H77LiN8O5. The van der Waals surface area contributed by atoms with E-state index in [0.29, 0.717) is 18.7 Å². The maximum absolute atomic E-state index is 12.7. The average Bonchev–Trinajstić information content (AvgIpc) is 3.33. The number of carbonyl (C=O) groups is 2. The number of nitrogens with one attached hydrogen (secondary N) is 4. The summed E-state index contributed by atoms with van der Waals surface area (Å²) in [6, 6.07) is 28.6. The Kier molecular flexibility index (Phi) is 24.4. The monoisotopic (exact) mass is 913 g/mol. The Morgan fingerprint density at radius 2 is 1.10 bits per heavy atom. The topological polar surface area (TPSA) is 174 Å². The third-order valence-electron chi connectivity index (χ3n) is 13.3. The van der Waals surface area contributed by atoms with Crippen LogP contribution in [0.15, 0.2) is 84.9 Å². The molecule has 2 atom stereocenters. The standard InChI is InChI=1S/C27H38N4O2.C25H34N4O2.CH4.Li.H2O/c1-2-33-27(32)25(21-9-4-3-5-10-21)31-19-15-23(16-20-31)28-17-7-6-12-24-14-13-22-11-8-18-29-26(22)30-24;30-25(31)23(19-7-2-1-3-8-19)29-17-13-21(14-18-29)26-15-5-4-10-22-12-11-20-9-6-16-27-24(20)28-22;;;/h3-5,9-10,13-14,23,25,28H,2,6-8,11-12,15-20H2,1H3,(H,29,30);1-3,7-8,11-12,21,23,26H,4-6,9-10,13-18H2,(H,27,28)(H,30,31);1H4;;1H2/q;;;+1;/p-1. The fourth-order valence-electron chi connectivity index (χ4n) is 9.71. The van der Waals surface area contributed by atoms with Crippen LogP contribution in [0.4, 0.5) is 11.6 Å². The molecule has 0 aliphatic carbocycles. The normalized spacial score (nSPS) is 17.1. The van der Waals surface area contributed by atoms with Gasteiger partial charge in [-0.2, -0.15) is 0 Å². The number of esters is 1. The van der Waals surface area contributed by atoms with Crippen LogP contribution >= 0.6 is 0 Å². The number of carboxylic acids is 1. The molecule has 2 unspecified atom stereocenters. The summed E-state index contributed by atoms with van der Waals surface area (Å²) in [4.78, 5) is 38.5. The molecule has 0 saturated carbocycles.